The largest absolute Gasteiger partial charge is 0.486 e. The number of nitrogens with zero attached hydrogens (tertiary/aromatic N) is 1. The molecule has 1 unspecified atom stereocenters. The van der Waals surface area contributed by atoms with E-state index in [1.807, 2.05) is 12.3 Å². The zero-order valence-corrected chi connectivity index (χ0v) is 12.5. The molecule has 2 N–H and O–H groups in total. The van der Waals surface area contributed by atoms with E-state index >= 15 is 0 Å². The molecule has 0 bridgehead atoms. The molecule has 0 aliphatic rings. The van der Waals surface area contributed by atoms with Crippen molar-refractivity contribution in [2.45, 2.75) is 39.8 Å². The van der Waals surface area contributed by atoms with Crippen molar-refractivity contribution in [2.24, 2.45) is 5.73 Å². The summed E-state index contributed by atoms with van der Waals surface area (Å²) in [6.07, 6.45) is 2.70. The van der Waals surface area contributed by atoms with Crippen molar-refractivity contribution in [1.29, 1.82) is 0 Å². The van der Waals surface area contributed by atoms with Crippen LogP contribution in [0.15, 0.2) is 23.7 Å². The van der Waals surface area contributed by atoms with E-state index in [9.17, 15) is 0 Å². The number of hydrogen-bond acceptors (Lipinski definition) is 4. The van der Waals surface area contributed by atoms with E-state index < -0.39 is 0 Å². The van der Waals surface area contributed by atoms with Crippen LogP contribution in [0.3, 0.4) is 0 Å². The van der Waals surface area contributed by atoms with E-state index in [1.54, 1.807) is 17.5 Å². The number of aromatic nitrogens is 1. The van der Waals surface area contributed by atoms with Crippen molar-refractivity contribution < 1.29 is 4.74 Å². The molecule has 2 rings (SSSR count). The van der Waals surface area contributed by atoms with Crippen LogP contribution in [0.25, 0.3) is 0 Å². The Bertz CT molecular complexity index is 512. The lowest BCUT2D eigenvalue weighted by Crippen LogP contribution is -2.18. The summed E-state index contributed by atoms with van der Waals surface area (Å²) in [6, 6.07) is 4.50. The summed E-state index contributed by atoms with van der Waals surface area (Å²) in [7, 11) is 0. The Kier molecular flexibility index (Phi) is 4.56. The van der Waals surface area contributed by atoms with Gasteiger partial charge in [-0.2, -0.15) is 0 Å². The Morgan fingerprint density at radius 1 is 1.32 bits per heavy atom. The van der Waals surface area contributed by atoms with Gasteiger partial charge in [0, 0.05) is 17.6 Å². The zero-order valence-electron chi connectivity index (χ0n) is 11.6. The van der Waals surface area contributed by atoms with E-state index in [1.165, 1.54) is 5.56 Å². The van der Waals surface area contributed by atoms with Crippen molar-refractivity contribution in [1.82, 2.24) is 4.98 Å². The number of benzene rings is 1. The van der Waals surface area contributed by atoms with E-state index in [4.69, 9.17) is 10.5 Å². The monoisotopic (exact) mass is 276 g/mol. The zero-order chi connectivity index (χ0) is 13.8. The van der Waals surface area contributed by atoms with Gasteiger partial charge in [-0.1, -0.05) is 12.1 Å². The highest BCUT2D eigenvalue weighted by molar-refractivity contribution is 7.09. The fourth-order valence-electron chi connectivity index (χ4n) is 2.22. The average Bonchev–Trinajstić information content (AvgIpc) is 2.79. The molecule has 19 heavy (non-hydrogen) atoms. The van der Waals surface area contributed by atoms with Crippen LogP contribution in [-0.4, -0.2) is 11.0 Å². The molecule has 1 heterocycles. The van der Waals surface area contributed by atoms with Crippen LogP contribution in [0.5, 0.6) is 5.75 Å². The van der Waals surface area contributed by atoms with Gasteiger partial charge in [0.05, 0.1) is 0 Å². The van der Waals surface area contributed by atoms with E-state index in [2.05, 4.69) is 31.0 Å². The number of thiazole rings is 1. The molecule has 1 aromatic heterocycles. The van der Waals surface area contributed by atoms with Gasteiger partial charge in [0.2, 0.25) is 0 Å². The molecule has 0 aliphatic carbocycles. The minimum atomic E-state index is 0.181. The summed E-state index contributed by atoms with van der Waals surface area (Å²) >= 11 is 1.61. The van der Waals surface area contributed by atoms with Crippen LogP contribution in [0.4, 0.5) is 0 Å². The maximum Gasteiger partial charge on any atom is 0.140 e. The third-order valence-corrected chi connectivity index (χ3v) is 3.65. The van der Waals surface area contributed by atoms with Gasteiger partial charge in [-0.25, -0.2) is 4.98 Å². The van der Waals surface area contributed by atoms with Gasteiger partial charge in [0.1, 0.15) is 17.4 Å². The SMILES string of the molecule is Cc1cc(CC(C)N)cc(C)c1OCc1nccs1. The van der Waals surface area contributed by atoms with Crippen molar-refractivity contribution >= 4 is 11.3 Å². The number of rotatable bonds is 5. The Labute approximate surface area is 118 Å². The first-order valence-corrected chi connectivity index (χ1v) is 7.31. The Morgan fingerprint density at radius 2 is 2.00 bits per heavy atom. The molecule has 0 saturated heterocycles. The van der Waals surface area contributed by atoms with E-state index in [0.29, 0.717) is 6.61 Å². The quantitative estimate of drug-likeness (QED) is 0.912. The lowest BCUT2D eigenvalue weighted by molar-refractivity contribution is 0.301. The highest BCUT2D eigenvalue weighted by atomic mass is 32.1. The fraction of sp³-hybridized carbons (Fsp3) is 0.400. The van der Waals surface area contributed by atoms with Gasteiger partial charge in [0.25, 0.3) is 0 Å². The minimum Gasteiger partial charge on any atom is -0.486 e. The fourth-order valence-corrected chi connectivity index (χ4v) is 2.74. The van der Waals surface area contributed by atoms with Gasteiger partial charge >= 0.3 is 0 Å². The third kappa shape index (κ3) is 3.78. The standard InChI is InChI=1S/C15H20N2OS/c1-10-6-13(8-12(3)16)7-11(2)15(10)18-9-14-17-4-5-19-14/h4-7,12H,8-9,16H2,1-3H3. The number of aryl methyl sites for hydroxylation is 2. The second-order valence-corrected chi connectivity index (χ2v) is 5.93. The van der Waals surface area contributed by atoms with Crippen molar-refractivity contribution in [2.75, 3.05) is 0 Å². The minimum absolute atomic E-state index is 0.181. The average molecular weight is 276 g/mol. The number of nitrogens with two attached hydrogens (primary N) is 1. The molecule has 4 heteroatoms. The molecule has 0 radical (unpaired) electrons. The first kappa shape index (κ1) is 14.0. The van der Waals surface area contributed by atoms with Crippen LogP contribution in [0, 0.1) is 13.8 Å². The molecule has 0 spiro atoms. The molecule has 3 nitrogen and oxygen atoms in total. The predicted molar refractivity (Wildman–Crippen MR) is 79.7 cm³/mol. The molecule has 1 atom stereocenters. The second kappa shape index (κ2) is 6.17. The molecule has 0 amide bonds. The van der Waals surface area contributed by atoms with Gasteiger partial charge in [-0.3, -0.25) is 0 Å². The van der Waals surface area contributed by atoms with Gasteiger partial charge in [0.15, 0.2) is 0 Å². The van der Waals surface area contributed by atoms with Gasteiger partial charge in [-0.15, -0.1) is 11.3 Å². The highest BCUT2D eigenvalue weighted by Crippen LogP contribution is 2.26. The van der Waals surface area contributed by atoms with Crippen molar-refractivity contribution in [3.05, 3.63) is 45.4 Å². The molecular formula is C15H20N2OS. The van der Waals surface area contributed by atoms with Crippen LogP contribution >= 0.6 is 11.3 Å². The van der Waals surface area contributed by atoms with E-state index in [-0.39, 0.29) is 6.04 Å². The second-order valence-electron chi connectivity index (χ2n) is 4.95. The van der Waals surface area contributed by atoms with E-state index in [0.717, 1.165) is 28.3 Å². The molecule has 1 aromatic carbocycles. The smallest absolute Gasteiger partial charge is 0.140 e. The molecule has 0 saturated carbocycles. The summed E-state index contributed by atoms with van der Waals surface area (Å²) in [5.74, 6) is 0.962. The highest BCUT2D eigenvalue weighted by Gasteiger charge is 2.08. The lowest BCUT2D eigenvalue weighted by Gasteiger charge is -2.14. The maximum atomic E-state index is 5.89. The van der Waals surface area contributed by atoms with Crippen LogP contribution in [-0.2, 0) is 13.0 Å². The van der Waals surface area contributed by atoms with Gasteiger partial charge < -0.3 is 10.5 Å². The topological polar surface area (TPSA) is 48.1 Å². The molecule has 0 fully saturated rings. The Morgan fingerprint density at radius 3 is 2.53 bits per heavy atom. The van der Waals surface area contributed by atoms with Crippen molar-refractivity contribution in [3.63, 3.8) is 0 Å². The lowest BCUT2D eigenvalue weighted by atomic mass is 10.0. The molecule has 0 aliphatic heterocycles. The number of hydrogen-bond donors (Lipinski definition) is 1. The summed E-state index contributed by atoms with van der Waals surface area (Å²) < 4.78 is 5.89. The molecular weight excluding hydrogens is 256 g/mol. The normalized spacial score (nSPS) is 12.4. The first-order valence-electron chi connectivity index (χ1n) is 6.43. The Hall–Kier alpha value is -1.39. The molecule has 2 aromatic rings. The molecule has 102 valence electrons. The van der Waals surface area contributed by atoms with Crippen molar-refractivity contribution in [3.8, 4) is 5.75 Å². The summed E-state index contributed by atoms with van der Waals surface area (Å²) in [4.78, 5) is 4.22. The van der Waals surface area contributed by atoms with Crippen LogP contribution in [0.2, 0.25) is 0 Å². The summed E-state index contributed by atoms with van der Waals surface area (Å²) in [5, 5.41) is 2.96. The Balaban J connectivity index is 2.12. The van der Waals surface area contributed by atoms with Crippen LogP contribution in [0.1, 0.15) is 28.6 Å². The van der Waals surface area contributed by atoms with Crippen LogP contribution < -0.4 is 10.5 Å². The number of ether oxygens (including phenoxy) is 1. The maximum absolute atomic E-state index is 5.89. The summed E-state index contributed by atoms with van der Waals surface area (Å²) in [5.41, 5.74) is 9.44. The predicted octanol–water partition coefficient (Wildman–Crippen LogP) is 3.23. The summed E-state index contributed by atoms with van der Waals surface area (Å²) in [6.45, 7) is 6.72. The third-order valence-electron chi connectivity index (χ3n) is 2.90. The van der Waals surface area contributed by atoms with Gasteiger partial charge in [-0.05, 0) is 43.9 Å². The first-order chi connectivity index (χ1) is 9.06.